The van der Waals surface area contributed by atoms with E-state index >= 15 is 0 Å². The van der Waals surface area contributed by atoms with E-state index in [1.165, 1.54) is 11.8 Å². The first kappa shape index (κ1) is 28.6. The zero-order chi connectivity index (χ0) is 28.8. The maximum atomic E-state index is 14.0. The van der Waals surface area contributed by atoms with Gasteiger partial charge in [0.1, 0.15) is 17.5 Å². The predicted molar refractivity (Wildman–Crippen MR) is 164 cm³/mol. The number of carbonyl (C=O) groups excluding carboxylic acids is 1. The molecule has 0 saturated heterocycles. The largest absolute Gasteiger partial charge is 0.494 e. The van der Waals surface area contributed by atoms with E-state index in [9.17, 15) is 4.79 Å². The van der Waals surface area contributed by atoms with Crippen LogP contribution in [-0.2, 0) is 10.5 Å². The highest BCUT2D eigenvalue weighted by Crippen LogP contribution is 2.38. The number of nitrogens with one attached hydrogen (secondary N) is 2. The van der Waals surface area contributed by atoms with Gasteiger partial charge < -0.3 is 20.1 Å². The average Bonchev–Trinajstić information content (AvgIpc) is 3.38. The molecular weight excluding hydrogens is 558 g/mol. The molecule has 5 rings (SSSR count). The van der Waals surface area contributed by atoms with Crippen molar-refractivity contribution < 1.29 is 14.3 Å². The average molecular weight is 590 g/mol. The van der Waals surface area contributed by atoms with Crippen LogP contribution >= 0.6 is 23.4 Å². The summed E-state index contributed by atoms with van der Waals surface area (Å²) in [6.07, 6.45) is 0.892. The predicted octanol–water partition coefficient (Wildman–Crippen LogP) is 7.34. The van der Waals surface area contributed by atoms with Crippen LogP contribution in [0, 0.1) is 0 Å². The summed E-state index contributed by atoms with van der Waals surface area (Å²) in [5.74, 6) is 2.24. The second-order valence-corrected chi connectivity index (χ2v) is 10.8. The van der Waals surface area contributed by atoms with E-state index in [1.54, 1.807) is 4.68 Å². The highest BCUT2D eigenvalue weighted by Gasteiger charge is 2.35. The number of para-hydroxylation sites is 2. The molecule has 0 radical (unpaired) electrons. The zero-order valence-corrected chi connectivity index (χ0v) is 24.8. The number of thioether (sulfide) groups is 1. The van der Waals surface area contributed by atoms with E-state index in [0.29, 0.717) is 57.8 Å². The zero-order valence-electron chi connectivity index (χ0n) is 23.2. The third kappa shape index (κ3) is 6.52. The molecule has 1 unspecified atom stereocenters. The molecule has 0 aliphatic carbocycles. The van der Waals surface area contributed by atoms with Gasteiger partial charge in [0.25, 0.3) is 5.91 Å². The van der Waals surface area contributed by atoms with E-state index in [0.717, 1.165) is 23.3 Å². The molecule has 8 nitrogen and oxygen atoms in total. The lowest BCUT2D eigenvalue weighted by Crippen LogP contribution is -2.31. The Morgan fingerprint density at radius 1 is 1.07 bits per heavy atom. The fraction of sp³-hybridized carbons (Fsp3) is 0.258. The number of nitrogens with zero attached hydrogens (tertiary/aromatic N) is 3. The quantitative estimate of drug-likeness (QED) is 0.177. The van der Waals surface area contributed by atoms with Gasteiger partial charge in [-0.25, -0.2) is 4.68 Å². The minimum atomic E-state index is -0.544. The van der Waals surface area contributed by atoms with Crippen molar-refractivity contribution in [2.45, 2.75) is 44.1 Å². The molecule has 1 aliphatic rings. The molecule has 2 N–H and O–H groups in total. The number of aromatic nitrogens is 3. The molecule has 1 aromatic heterocycles. The molecular formula is C31H32ClN5O3S. The molecule has 2 heterocycles. The Balaban J connectivity index is 1.51. The first-order chi connectivity index (χ1) is 20.0. The fourth-order valence-corrected chi connectivity index (χ4v) is 5.70. The van der Waals surface area contributed by atoms with Crippen molar-refractivity contribution in [2.75, 3.05) is 23.8 Å². The molecule has 0 bridgehead atoms. The highest BCUT2D eigenvalue weighted by atomic mass is 35.5. The fourth-order valence-electron chi connectivity index (χ4n) is 4.59. The number of allylic oxidation sites excluding steroid dienone is 1. The van der Waals surface area contributed by atoms with Gasteiger partial charge in [0.2, 0.25) is 11.1 Å². The number of fused-ring (bicyclic) bond motifs is 1. The van der Waals surface area contributed by atoms with Crippen LogP contribution in [0.4, 0.5) is 11.6 Å². The van der Waals surface area contributed by atoms with Gasteiger partial charge in [0, 0.05) is 16.5 Å². The van der Waals surface area contributed by atoms with Gasteiger partial charge in [-0.3, -0.25) is 4.79 Å². The Labute approximate surface area is 249 Å². The molecule has 0 saturated carbocycles. The maximum Gasteiger partial charge on any atom is 0.255 e. The summed E-state index contributed by atoms with van der Waals surface area (Å²) in [5.41, 5.74) is 3.66. The number of rotatable bonds is 11. The molecule has 0 fully saturated rings. The summed E-state index contributed by atoms with van der Waals surface area (Å²) in [6.45, 7) is 6.94. The van der Waals surface area contributed by atoms with Gasteiger partial charge in [0.15, 0.2) is 0 Å². The Kier molecular flexibility index (Phi) is 9.16. The van der Waals surface area contributed by atoms with E-state index < -0.39 is 6.04 Å². The van der Waals surface area contributed by atoms with E-state index in [-0.39, 0.29) is 5.91 Å². The van der Waals surface area contributed by atoms with Crippen LogP contribution in [0.15, 0.2) is 89.2 Å². The normalized spacial score (nSPS) is 14.3. The van der Waals surface area contributed by atoms with Crippen molar-refractivity contribution in [1.82, 2.24) is 14.8 Å². The Hall–Kier alpha value is -3.95. The SMILES string of the molecule is CCCOc1cccc(C2C(C(=O)Nc3ccccc3OCC)=C(C)Nc3nc(SCc4ccccc4Cl)nn32)c1. The molecule has 10 heteroatoms. The topological polar surface area (TPSA) is 90.3 Å². The molecule has 0 spiro atoms. The summed E-state index contributed by atoms with van der Waals surface area (Å²) < 4.78 is 13.4. The van der Waals surface area contributed by atoms with Gasteiger partial charge in [-0.05, 0) is 61.7 Å². The Morgan fingerprint density at radius 3 is 2.68 bits per heavy atom. The van der Waals surface area contributed by atoms with E-state index in [4.69, 9.17) is 31.2 Å². The molecule has 4 aromatic rings. The standard InChI is InChI=1S/C31H32ClN5O3S/c1-4-17-40-23-13-10-12-21(18-23)28-27(29(38)34-25-15-8-9-16-26(25)39-5-2)20(3)33-30-35-31(36-37(28)30)41-19-22-11-6-7-14-24(22)32/h6-16,18,28H,4-5,17,19H2,1-3H3,(H,34,38)(H,33,35,36). The summed E-state index contributed by atoms with van der Waals surface area (Å²) in [7, 11) is 0. The number of hydrogen-bond donors (Lipinski definition) is 2. The van der Waals surface area contributed by atoms with Crippen molar-refractivity contribution >= 4 is 40.9 Å². The number of anilines is 2. The number of amides is 1. The molecule has 3 aromatic carbocycles. The van der Waals surface area contributed by atoms with Crippen LogP contribution in [0.2, 0.25) is 5.02 Å². The van der Waals surface area contributed by atoms with Crippen LogP contribution in [0.3, 0.4) is 0 Å². The van der Waals surface area contributed by atoms with Crippen molar-refractivity contribution in [3.63, 3.8) is 0 Å². The minimum absolute atomic E-state index is 0.265. The van der Waals surface area contributed by atoms with Crippen molar-refractivity contribution in [2.24, 2.45) is 0 Å². The third-order valence-corrected chi connectivity index (χ3v) is 7.73. The number of benzene rings is 3. The monoisotopic (exact) mass is 589 g/mol. The lowest BCUT2D eigenvalue weighted by Gasteiger charge is -2.29. The molecule has 1 atom stereocenters. The summed E-state index contributed by atoms with van der Waals surface area (Å²) >= 11 is 7.86. The number of carbonyl (C=O) groups is 1. The van der Waals surface area contributed by atoms with Gasteiger partial charge in [-0.2, -0.15) is 4.98 Å². The smallest absolute Gasteiger partial charge is 0.255 e. The molecule has 41 heavy (non-hydrogen) atoms. The number of halogens is 1. The Morgan fingerprint density at radius 2 is 1.88 bits per heavy atom. The third-order valence-electron chi connectivity index (χ3n) is 6.47. The van der Waals surface area contributed by atoms with Crippen LogP contribution in [-0.4, -0.2) is 33.9 Å². The van der Waals surface area contributed by atoms with Crippen LogP contribution < -0.4 is 20.1 Å². The molecule has 212 valence electrons. The van der Waals surface area contributed by atoms with E-state index in [2.05, 4.69) is 17.6 Å². The van der Waals surface area contributed by atoms with Crippen LogP contribution in [0.5, 0.6) is 11.5 Å². The van der Waals surface area contributed by atoms with Gasteiger partial charge in [-0.15, -0.1) is 5.10 Å². The first-order valence-corrected chi connectivity index (χ1v) is 14.9. The van der Waals surface area contributed by atoms with Crippen LogP contribution in [0.1, 0.15) is 44.4 Å². The second kappa shape index (κ2) is 13.1. The lowest BCUT2D eigenvalue weighted by atomic mass is 9.94. The highest BCUT2D eigenvalue weighted by molar-refractivity contribution is 7.98. The van der Waals surface area contributed by atoms with Crippen molar-refractivity contribution in [3.05, 3.63) is 100 Å². The number of hydrogen-bond acceptors (Lipinski definition) is 7. The minimum Gasteiger partial charge on any atom is -0.494 e. The van der Waals surface area contributed by atoms with Crippen molar-refractivity contribution in [3.8, 4) is 11.5 Å². The van der Waals surface area contributed by atoms with E-state index in [1.807, 2.05) is 86.6 Å². The summed E-state index contributed by atoms with van der Waals surface area (Å²) in [6, 6.07) is 22.4. The van der Waals surface area contributed by atoms with Gasteiger partial charge >= 0.3 is 0 Å². The second-order valence-electron chi connectivity index (χ2n) is 9.41. The van der Waals surface area contributed by atoms with Gasteiger partial charge in [0.05, 0.1) is 24.5 Å². The van der Waals surface area contributed by atoms with Crippen molar-refractivity contribution in [1.29, 1.82) is 0 Å². The molecule has 1 aliphatic heterocycles. The summed E-state index contributed by atoms with van der Waals surface area (Å²) in [5, 5.41) is 12.5. The van der Waals surface area contributed by atoms with Crippen LogP contribution in [0.25, 0.3) is 0 Å². The number of ether oxygens (including phenoxy) is 2. The summed E-state index contributed by atoms with van der Waals surface area (Å²) in [4.78, 5) is 18.7. The lowest BCUT2D eigenvalue weighted by molar-refractivity contribution is -0.113. The Bertz CT molecular complexity index is 1570. The maximum absolute atomic E-state index is 14.0. The first-order valence-electron chi connectivity index (χ1n) is 13.5. The van der Waals surface area contributed by atoms with Gasteiger partial charge in [-0.1, -0.05) is 72.8 Å². The molecule has 1 amide bonds.